The number of anilines is 2. The first-order valence-electron chi connectivity index (χ1n) is 6.50. The Morgan fingerprint density at radius 2 is 2.45 bits per heavy atom. The highest BCUT2D eigenvalue weighted by Crippen LogP contribution is 2.23. The predicted octanol–water partition coefficient (Wildman–Crippen LogP) is 0.424. The standard InChI is InChI=1S/C11H19N7O2/c1-17-4-2-3-8(7-17)5-13-10-9(18(19)20)6-14-11(15-10)16-12/h6,8H,2-5,7,12H2,1H3,(H2,13,14,15,16). The highest BCUT2D eigenvalue weighted by molar-refractivity contribution is 5.56. The number of nitrogens with one attached hydrogen (secondary N) is 2. The van der Waals surface area contributed by atoms with Gasteiger partial charge in [-0.15, -0.1) is 0 Å². The van der Waals surface area contributed by atoms with E-state index in [2.05, 4.69) is 32.7 Å². The summed E-state index contributed by atoms with van der Waals surface area (Å²) >= 11 is 0. The van der Waals surface area contributed by atoms with Gasteiger partial charge in [0.2, 0.25) is 11.8 Å². The summed E-state index contributed by atoms with van der Waals surface area (Å²) < 4.78 is 0. The number of nitro groups is 1. The highest BCUT2D eigenvalue weighted by atomic mass is 16.6. The Labute approximate surface area is 116 Å². The van der Waals surface area contributed by atoms with Crippen LogP contribution in [-0.2, 0) is 0 Å². The van der Waals surface area contributed by atoms with Crippen LogP contribution in [0.1, 0.15) is 12.8 Å². The van der Waals surface area contributed by atoms with E-state index < -0.39 is 4.92 Å². The molecule has 1 aliphatic rings. The molecule has 0 aromatic carbocycles. The highest BCUT2D eigenvalue weighted by Gasteiger charge is 2.21. The van der Waals surface area contributed by atoms with Crippen molar-refractivity contribution in [3.8, 4) is 0 Å². The average Bonchev–Trinajstić information content (AvgIpc) is 2.44. The van der Waals surface area contributed by atoms with Crippen molar-refractivity contribution in [2.45, 2.75) is 12.8 Å². The lowest BCUT2D eigenvalue weighted by Crippen LogP contribution is -2.35. The maximum absolute atomic E-state index is 11.0. The Hall–Kier alpha value is -2.00. The number of rotatable bonds is 5. The van der Waals surface area contributed by atoms with E-state index in [0.717, 1.165) is 32.1 Å². The molecule has 0 radical (unpaired) electrons. The number of aromatic nitrogens is 2. The Morgan fingerprint density at radius 3 is 3.10 bits per heavy atom. The molecule has 0 saturated carbocycles. The first kappa shape index (κ1) is 14.4. The average molecular weight is 281 g/mol. The number of nitrogen functional groups attached to an aromatic ring is 1. The summed E-state index contributed by atoms with van der Waals surface area (Å²) in [6.45, 7) is 2.73. The molecule has 1 aromatic rings. The van der Waals surface area contributed by atoms with Crippen LogP contribution in [-0.4, -0.2) is 46.5 Å². The molecule has 1 aromatic heterocycles. The van der Waals surface area contributed by atoms with Gasteiger partial charge in [-0.1, -0.05) is 0 Å². The van der Waals surface area contributed by atoms with Crippen LogP contribution in [0.4, 0.5) is 17.5 Å². The quantitative estimate of drug-likeness (QED) is 0.403. The van der Waals surface area contributed by atoms with Crippen molar-refractivity contribution in [3.63, 3.8) is 0 Å². The number of hydrogen-bond donors (Lipinski definition) is 3. The third kappa shape index (κ3) is 3.52. The lowest BCUT2D eigenvalue weighted by atomic mass is 9.98. The molecule has 1 saturated heterocycles. The molecule has 0 spiro atoms. The minimum Gasteiger partial charge on any atom is -0.364 e. The van der Waals surface area contributed by atoms with E-state index in [1.807, 2.05) is 0 Å². The fourth-order valence-electron chi connectivity index (χ4n) is 2.39. The Kier molecular flexibility index (Phi) is 4.64. The molecule has 9 nitrogen and oxygen atoms in total. The van der Waals surface area contributed by atoms with Crippen LogP contribution in [0.5, 0.6) is 0 Å². The molecular formula is C11H19N7O2. The molecule has 2 rings (SSSR count). The zero-order valence-corrected chi connectivity index (χ0v) is 11.4. The molecular weight excluding hydrogens is 262 g/mol. The largest absolute Gasteiger partial charge is 0.364 e. The van der Waals surface area contributed by atoms with Gasteiger partial charge in [0.1, 0.15) is 6.20 Å². The van der Waals surface area contributed by atoms with E-state index in [0.29, 0.717) is 12.5 Å². The van der Waals surface area contributed by atoms with Gasteiger partial charge in [-0.05, 0) is 32.4 Å². The fourth-order valence-corrected chi connectivity index (χ4v) is 2.39. The second kappa shape index (κ2) is 6.44. The molecule has 1 fully saturated rings. The van der Waals surface area contributed by atoms with Gasteiger partial charge in [0.05, 0.1) is 4.92 Å². The summed E-state index contributed by atoms with van der Waals surface area (Å²) in [5.41, 5.74) is 2.14. The van der Waals surface area contributed by atoms with Crippen LogP contribution in [0.15, 0.2) is 6.20 Å². The summed E-state index contributed by atoms with van der Waals surface area (Å²) in [5.74, 6) is 6.03. The molecule has 0 amide bonds. The summed E-state index contributed by atoms with van der Waals surface area (Å²) in [7, 11) is 2.08. The summed E-state index contributed by atoms with van der Waals surface area (Å²) in [6, 6.07) is 0. The molecule has 0 bridgehead atoms. The number of hydrazine groups is 1. The molecule has 0 aliphatic carbocycles. The monoisotopic (exact) mass is 281 g/mol. The van der Waals surface area contributed by atoms with Crippen molar-refractivity contribution in [1.82, 2.24) is 14.9 Å². The zero-order valence-electron chi connectivity index (χ0n) is 11.4. The van der Waals surface area contributed by atoms with Crippen molar-refractivity contribution in [2.24, 2.45) is 11.8 Å². The van der Waals surface area contributed by atoms with Gasteiger partial charge in [0.25, 0.3) is 0 Å². The second-order valence-electron chi connectivity index (χ2n) is 4.98. The number of hydrogen-bond acceptors (Lipinski definition) is 8. The molecule has 1 unspecified atom stereocenters. The number of nitrogens with two attached hydrogens (primary N) is 1. The molecule has 20 heavy (non-hydrogen) atoms. The minimum atomic E-state index is -0.504. The number of likely N-dealkylation sites (tertiary alicyclic amines) is 1. The van der Waals surface area contributed by atoms with Crippen LogP contribution in [0.3, 0.4) is 0 Å². The first-order valence-corrected chi connectivity index (χ1v) is 6.50. The predicted molar refractivity (Wildman–Crippen MR) is 75.2 cm³/mol. The molecule has 4 N–H and O–H groups in total. The molecule has 2 heterocycles. The molecule has 1 aliphatic heterocycles. The molecule has 1 atom stereocenters. The Balaban J connectivity index is 2.05. The van der Waals surface area contributed by atoms with Gasteiger partial charge in [-0.25, -0.2) is 10.8 Å². The van der Waals surface area contributed by atoms with Gasteiger partial charge in [-0.3, -0.25) is 15.5 Å². The van der Waals surface area contributed by atoms with E-state index in [9.17, 15) is 10.1 Å². The van der Waals surface area contributed by atoms with Gasteiger partial charge < -0.3 is 10.2 Å². The van der Waals surface area contributed by atoms with Crippen LogP contribution >= 0.6 is 0 Å². The number of piperidine rings is 1. The number of nitrogens with zero attached hydrogens (tertiary/aromatic N) is 4. The summed E-state index contributed by atoms with van der Waals surface area (Å²) in [4.78, 5) is 20.5. The second-order valence-corrected chi connectivity index (χ2v) is 4.98. The lowest BCUT2D eigenvalue weighted by Gasteiger charge is -2.29. The third-order valence-electron chi connectivity index (χ3n) is 3.38. The Morgan fingerprint density at radius 1 is 1.65 bits per heavy atom. The van der Waals surface area contributed by atoms with Crippen molar-refractivity contribution < 1.29 is 4.92 Å². The van der Waals surface area contributed by atoms with Crippen LogP contribution in [0.25, 0.3) is 0 Å². The fraction of sp³-hybridized carbons (Fsp3) is 0.636. The Bertz CT molecular complexity index is 482. The van der Waals surface area contributed by atoms with Crippen molar-refractivity contribution in [2.75, 3.05) is 37.4 Å². The van der Waals surface area contributed by atoms with Crippen molar-refractivity contribution >= 4 is 17.5 Å². The van der Waals surface area contributed by atoms with Crippen LogP contribution in [0, 0.1) is 16.0 Å². The maximum Gasteiger partial charge on any atom is 0.329 e. The summed E-state index contributed by atoms with van der Waals surface area (Å²) in [5, 5.41) is 14.0. The topological polar surface area (TPSA) is 122 Å². The molecule has 9 heteroatoms. The lowest BCUT2D eigenvalue weighted by molar-refractivity contribution is -0.384. The van der Waals surface area contributed by atoms with E-state index in [-0.39, 0.29) is 17.5 Å². The van der Waals surface area contributed by atoms with Gasteiger partial charge >= 0.3 is 5.69 Å². The zero-order chi connectivity index (χ0) is 14.5. The van der Waals surface area contributed by atoms with Gasteiger partial charge in [0.15, 0.2) is 0 Å². The minimum absolute atomic E-state index is 0.145. The van der Waals surface area contributed by atoms with Crippen LogP contribution in [0.2, 0.25) is 0 Å². The SMILES string of the molecule is CN1CCCC(CNc2nc(NN)ncc2[N+](=O)[O-])C1. The normalized spacial score (nSPS) is 19.6. The molecule has 110 valence electrons. The first-order chi connectivity index (χ1) is 9.60. The van der Waals surface area contributed by atoms with E-state index in [1.165, 1.54) is 0 Å². The van der Waals surface area contributed by atoms with Crippen molar-refractivity contribution in [3.05, 3.63) is 16.3 Å². The van der Waals surface area contributed by atoms with E-state index in [1.54, 1.807) is 0 Å². The summed E-state index contributed by atoms with van der Waals surface area (Å²) in [6.07, 6.45) is 3.40. The van der Waals surface area contributed by atoms with E-state index >= 15 is 0 Å². The van der Waals surface area contributed by atoms with Crippen molar-refractivity contribution in [1.29, 1.82) is 0 Å². The maximum atomic E-state index is 11.0. The van der Waals surface area contributed by atoms with Crippen LogP contribution < -0.4 is 16.6 Å². The smallest absolute Gasteiger partial charge is 0.329 e. The van der Waals surface area contributed by atoms with Gasteiger partial charge in [0, 0.05) is 13.1 Å². The van der Waals surface area contributed by atoms with E-state index in [4.69, 9.17) is 5.84 Å². The third-order valence-corrected chi connectivity index (χ3v) is 3.38. The van der Waals surface area contributed by atoms with Gasteiger partial charge in [-0.2, -0.15) is 4.98 Å².